The molecule has 5 heteroatoms. The highest BCUT2D eigenvalue weighted by atomic mass is 16.5. The van der Waals surface area contributed by atoms with Gasteiger partial charge in [-0.25, -0.2) is 0 Å². The molecule has 1 fully saturated rings. The third kappa shape index (κ3) is 3.78. The molecule has 1 unspecified atom stereocenters. The summed E-state index contributed by atoms with van der Waals surface area (Å²) in [4.78, 5) is 15.9. The molecule has 2 aliphatic heterocycles. The largest absolute Gasteiger partial charge is 0.490 e. The lowest BCUT2D eigenvalue weighted by Gasteiger charge is -2.39. The number of fused-ring (bicyclic) bond motifs is 1. The van der Waals surface area contributed by atoms with E-state index in [9.17, 15) is 4.79 Å². The van der Waals surface area contributed by atoms with E-state index >= 15 is 0 Å². The third-order valence-electron chi connectivity index (χ3n) is 4.94. The van der Waals surface area contributed by atoms with E-state index in [-0.39, 0.29) is 5.91 Å². The zero-order chi connectivity index (χ0) is 16.2. The van der Waals surface area contributed by atoms with Crippen molar-refractivity contribution in [3.63, 3.8) is 0 Å². The first-order valence-corrected chi connectivity index (χ1v) is 8.66. The lowest BCUT2D eigenvalue weighted by molar-refractivity contribution is -0.130. The maximum atomic E-state index is 11.5. The summed E-state index contributed by atoms with van der Waals surface area (Å²) in [5.41, 5.74) is 2.47. The predicted molar refractivity (Wildman–Crippen MR) is 92.0 cm³/mol. The van der Waals surface area contributed by atoms with Crippen molar-refractivity contribution in [1.29, 1.82) is 0 Å². The van der Waals surface area contributed by atoms with Gasteiger partial charge >= 0.3 is 0 Å². The number of piperazine rings is 1. The van der Waals surface area contributed by atoms with Crippen molar-refractivity contribution in [3.05, 3.63) is 23.8 Å². The summed E-state index contributed by atoms with van der Waals surface area (Å²) in [6, 6.07) is 7.02. The van der Waals surface area contributed by atoms with Crippen LogP contribution in [0.2, 0.25) is 0 Å². The number of nitrogens with one attached hydrogen (secondary N) is 1. The Morgan fingerprint density at radius 3 is 2.78 bits per heavy atom. The minimum atomic E-state index is 0.193. The Morgan fingerprint density at radius 1 is 1.30 bits per heavy atom. The molecule has 2 heterocycles. The summed E-state index contributed by atoms with van der Waals surface area (Å²) in [5.74, 6) is 1.15. The van der Waals surface area contributed by atoms with Crippen molar-refractivity contribution in [2.24, 2.45) is 0 Å². The Morgan fingerprint density at radius 2 is 2.09 bits per heavy atom. The number of rotatable bonds is 4. The first-order chi connectivity index (χ1) is 11.2. The average Bonchev–Trinajstić information content (AvgIpc) is 2.59. The first-order valence-electron chi connectivity index (χ1n) is 8.66. The highest BCUT2D eigenvalue weighted by molar-refractivity contribution is 5.73. The van der Waals surface area contributed by atoms with Crippen LogP contribution in [0, 0.1) is 0 Å². The Bertz CT molecular complexity index is 553. The zero-order valence-electron chi connectivity index (χ0n) is 14.2. The van der Waals surface area contributed by atoms with Crippen molar-refractivity contribution < 1.29 is 9.53 Å². The molecule has 3 rings (SSSR count). The molecule has 23 heavy (non-hydrogen) atoms. The Balaban J connectivity index is 1.62. The molecule has 0 aromatic heterocycles. The van der Waals surface area contributed by atoms with E-state index in [0.717, 1.165) is 63.6 Å². The molecule has 1 atom stereocenters. The van der Waals surface area contributed by atoms with E-state index in [1.165, 1.54) is 5.56 Å². The van der Waals surface area contributed by atoms with Gasteiger partial charge in [-0.3, -0.25) is 9.69 Å². The number of benzene rings is 1. The van der Waals surface area contributed by atoms with E-state index in [2.05, 4.69) is 35.3 Å². The lowest BCUT2D eigenvalue weighted by atomic mass is 10.0. The molecule has 0 saturated carbocycles. The van der Waals surface area contributed by atoms with Gasteiger partial charge in [-0.15, -0.1) is 0 Å². The van der Waals surface area contributed by atoms with E-state index in [1.807, 2.05) is 4.90 Å². The highest BCUT2D eigenvalue weighted by Gasteiger charge is 2.24. The van der Waals surface area contributed by atoms with Crippen LogP contribution < -0.4 is 10.1 Å². The molecule has 0 aliphatic carbocycles. The van der Waals surface area contributed by atoms with Crippen molar-refractivity contribution in [3.8, 4) is 5.75 Å². The van der Waals surface area contributed by atoms with Gasteiger partial charge in [-0.05, 0) is 30.5 Å². The molecule has 1 aromatic carbocycles. The fraction of sp³-hybridized carbons (Fsp3) is 0.611. The zero-order valence-corrected chi connectivity index (χ0v) is 14.2. The summed E-state index contributed by atoms with van der Waals surface area (Å²) < 4.78 is 5.65. The lowest BCUT2D eigenvalue weighted by Crippen LogP contribution is -2.51. The number of hydrogen-bond donors (Lipinski definition) is 1. The predicted octanol–water partition coefficient (Wildman–Crippen LogP) is 1.98. The van der Waals surface area contributed by atoms with Gasteiger partial charge in [0.1, 0.15) is 12.4 Å². The van der Waals surface area contributed by atoms with Crippen LogP contribution in [-0.4, -0.2) is 61.1 Å². The number of amides is 1. The molecule has 126 valence electrons. The molecule has 2 aliphatic rings. The van der Waals surface area contributed by atoms with Crippen molar-refractivity contribution in [2.75, 3.05) is 44.6 Å². The summed E-state index contributed by atoms with van der Waals surface area (Å²) in [7, 11) is 0. The molecular formula is C18H27N3O2. The van der Waals surface area contributed by atoms with E-state index in [1.54, 1.807) is 6.92 Å². The second kappa shape index (κ2) is 7.21. The van der Waals surface area contributed by atoms with E-state index < -0.39 is 0 Å². The minimum absolute atomic E-state index is 0.193. The Kier molecular flexibility index (Phi) is 5.06. The summed E-state index contributed by atoms with van der Waals surface area (Å²) in [6.07, 6.45) is 2.17. The van der Waals surface area contributed by atoms with Gasteiger partial charge in [0, 0.05) is 45.7 Å². The van der Waals surface area contributed by atoms with Crippen LogP contribution in [-0.2, 0) is 11.2 Å². The molecule has 0 bridgehead atoms. The molecular weight excluding hydrogens is 290 g/mol. The average molecular weight is 317 g/mol. The smallest absolute Gasteiger partial charge is 0.219 e. The molecule has 1 saturated heterocycles. The van der Waals surface area contributed by atoms with Crippen LogP contribution >= 0.6 is 0 Å². The standard InChI is InChI=1S/C18H27N3O2/c1-3-16(21-9-7-20(8-10-21)14(2)22)12-15-4-5-18-17(13-15)19-6-11-23-18/h4-5,13,16,19H,3,6-12H2,1-2H3. The minimum Gasteiger partial charge on any atom is -0.490 e. The van der Waals surface area contributed by atoms with Gasteiger partial charge in [-0.1, -0.05) is 13.0 Å². The quantitative estimate of drug-likeness (QED) is 0.922. The van der Waals surface area contributed by atoms with Gasteiger partial charge in [-0.2, -0.15) is 0 Å². The summed E-state index contributed by atoms with van der Waals surface area (Å²) >= 11 is 0. The second-order valence-electron chi connectivity index (χ2n) is 6.41. The van der Waals surface area contributed by atoms with Crippen molar-refractivity contribution in [1.82, 2.24) is 9.80 Å². The maximum absolute atomic E-state index is 11.5. The van der Waals surface area contributed by atoms with E-state index in [0.29, 0.717) is 6.04 Å². The number of carbonyl (C=O) groups is 1. The monoisotopic (exact) mass is 317 g/mol. The fourth-order valence-corrected chi connectivity index (χ4v) is 3.52. The maximum Gasteiger partial charge on any atom is 0.219 e. The number of ether oxygens (including phenoxy) is 1. The fourth-order valence-electron chi connectivity index (χ4n) is 3.52. The molecule has 0 spiro atoms. The first kappa shape index (κ1) is 16.1. The van der Waals surface area contributed by atoms with E-state index in [4.69, 9.17) is 4.74 Å². The Labute approximate surface area is 138 Å². The van der Waals surface area contributed by atoms with Crippen LogP contribution in [0.3, 0.4) is 0 Å². The van der Waals surface area contributed by atoms with Gasteiger partial charge in [0.25, 0.3) is 0 Å². The van der Waals surface area contributed by atoms with Crippen LogP contribution in [0.15, 0.2) is 18.2 Å². The molecule has 1 N–H and O–H groups in total. The normalized spacial score (nSPS) is 19.5. The molecule has 0 radical (unpaired) electrons. The second-order valence-corrected chi connectivity index (χ2v) is 6.41. The number of anilines is 1. The van der Waals surface area contributed by atoms with Gasteiger partial charge in [0.15, 0.2) is 0 Å². The molecule has 1 amide bonds. The number of nitrogens with zero attached hydrogens (tertiary/aromatic N) is 2. The highest BCUT2D eigenvalue weighted by Crippen LogP contribution is 2.29. The number of hydrogen-bond acceptors (Lipinski definition) is 4. The van der Waals surface area contributed by atoms with Crippen LogP contribution in [0.1, 0.15) is 25.8 Å². The van der Waals surface area contributed by atoms with Crippen LogP contribution in [0.4, 0.5) is 5.69 Å². The van der Waals surface area contributed by atoms with Crippen molar-refractivity contribution in [2.45, 2.75) is 32.7 Å². The third-order valence-corrected chi connectivity index (χ3v) is 4.94. The van der Waals surface area contributed by atoms with Gasteiger partial charge < -0.3 is 15.0 Å². The summed E-state index contributed by atoms with van der Waals surface area (Å²) in [6.45, 7) is 9.19. The Hall–Kier alpha value is -1.75. The van der Waals surface area contributed by atoms with Gasteiger partial charge in [0.05, 0.1) is 5.69 Å². The van der Waals surface area contributed by atoms with Crippen molar-refractivity contribution >= 4 is 11.6 Å². The molecule has 5 nitrogen and oxygen atoms in total. The van der Waals surface area contributed by atoms with Crippen LogP contribution in [0.25, 0.3) is 0 Å². The summed E-state index contributed by atoms with van der Waals surface area (Å²) in [5, 5.41) is 3.41. The number of carbonyl (C=O) groups excluding carboxylic acids is 1. The SMILES string of the molecule is CCC(Cc1ccc2c(c1)NCCO2)N1CCN(C(C)=O)CC1. The van der Waals surface area contributed by atoms with Crippen LogP contribution in [0.5, 0.6) is 5.75 Å². The molecule has 1 aromatic rings. The topological polar surface area (TPSA) is 44.8 Å². The van der Waals surface area contributed by atoms with Gasteiger partial charge in [0.2, 0.25) is 5.91 Å².